The average Bonchev–Trinajstić information content (AvgIpc) is 2.41. The molecular formula is C14H13F3O5. The van der Waals surface area contributed by atoms with Crippen LogP contribution in [0.4, 0.5) is 13.2 Å². The van der Waals surface area contributed by atoms with Gasteiger partial charge in [-0.15, -0.1) is 13.2 Å². The van der Waals surface area contributed by atoms with Crippen molar-refractivity contribution in [3.8, 4) is 5.75 Å². The average molecular weight is 318 g/mol. The summed E-state index contributed by atoms with van der Waals surface area (Å²) < 4.78 is 44.9. The van der Waals surface area contributed by atoms with Crippen molar-refractivity contribution >= 4 is 18.0 Å². The molecule has 120 valence electrons. The normalized spacial score (nSPS) is 11.5. The fourth-order valence-corrected chi connectivity index (χ4v) is 1.66. The molecule has 0 aliphatic rings. The lowest BCUT2D eigenvalue weighted by molar-refractivity contribution is -0.274. The molecule has 0 heterocycles. The van der Waals surface area contributed by atoms with Gasteiger partial charge in [-0.2, -0.15) is 0 Å². The van der Waals surface area contributed by atoms with Gasteiger partial charge in [-0.1, -0.05) is 6.07 Å². The fraction of sp³-hybridized carbons (Fsp3) is 0.286. The summed E-state index contributed by atoms with van der Waals surface area (Å²) in [7, 11) is 1.19. The molecule has 0 saturated heterocycles. The van der Waals surface area contributed by atoms with Crippen LogP contribution in [0.1, 0.15) is 17.5 Å². The number of carbonyl (C=O) groups is 2. The first-order valence-corrected chi connectivity index (χ1v) is 6.08. The van der Waals surface area contributed by atoms with Crippen molar-refractivity contribution in [3.05, 3.63) is 35.4 Å². The molecule has 22 heavy (non-hydrogen) atoms. The highest BCUT2D eigenvalue weighted by atomic mass is 19.4. The molecule has 1 rings (SSSR count). The minimum atomic E-state index is -4.84. The number of ether oxygens (including phenoxy) is 2. The van der Waals surface area contributed by atoms with Crippen molar-refractivity contribution < 1.29 is 37.3 Å². The van der Waals surface area contributed by atoms with Crippen LogP contribution in [-0.2, 0) is 20.7 Å². The predicted octanol–water partition coefficient (Wildman–Crippen LogP) is 2.79. The third-order valence-corrected chi connectivity index (χ3v) is 2.58. The van der Waals surface area contributed by atoms with E-state index < -0.39 is 24.1 Å². The molecular weight excluding hydrogens is 305 g/mol. The maximum Gasteiger partial charge on any atom is 0.573 e. The summed E-state index contributed by atoms with van der Waals surface area (Å²) >= 11 is 0. The van der Waals surface area contributed by atoms with E-state index in [-0.39, 0.29) is 12.8 Å². The van der Waals surface area contributed by atoms with E-state index in [4.69, 9.17) is 5.11 Å². The highest BCUT2D eigenvalue weighted by Crippen LogP contribution is 2.26. The van der Waals surface area contributed by atoms with Crippen molar-refractivity contribution in [1.29, 1.82) is 0 Å². The molecule has 0 fully saturated rings. The fourth-order valence-electron chi connectivity index (χ4n) is 1.66. The van der Waals surface area contributed by atoms with Crippen molar-refractivity contribution in [2.24, 2.45) is 0 Å². The highest BCUT2D eigenvalue weighted by Gasteiger charge is 2.31. The summed E-state index contributed by atoms with van der Waals surface area (Å²) in [6.45, 7) is 0. The summed E-state index contributed by atoms with van der Waals surface area (Å²) in [5.74, 6) is -2.18. The Morgan fingerprint density at radius 2 is 2.00 bits per heavy atom. The molecule has 5 nitrogen and oxygen atoms in total. The van der Waals surface area contributed by atoms with Crippen molar-refractivity contribution in [2.45, 2.75) is 19.2 Å². The molecule has 0 spiro atoms. The number of hydrogen-bond acceptors (Lipinski definition) is 4. The first-order valence-electron chi connectivity index (χ1n) is 6.08. The number of aryl methyl sites for hydroxylation is 1. The minimum Gasteiger partial charge on any atom is -0.478 e. The number of carboxylic acids is 1. The van der Waals surface area contributed by atoms with Crippen molar-refractivity contribution in [2.75, 3.05) is 7.11 Å². The van der Waals surface area contributed by atoms with Gasteiger partial charge in [-0.3, -0.25) is 4.79 Å². The smallest absolute Gasteiger partial charge is 0.478 e. The van der Waals surface area contributed by atoms with Gasteiger partial charge in [-0.25, -0.2) is 4.79 Å². The van der Waals surface area contributed by atoms with Gasteiger partial charge in [0.05, 0.1) is 7.11 Å². The van der Waals surface area contributed by atoms with Crippen LogP contribution in [0.2, 0.25) is 0 Å². The van der Waals surface area contributed by atoms with Crippen LogP contribution in [0.15, 0.2) is 24.3 Å². The first kappa shape index (κ1) is 17.5. The predicted molar refractivity (Wildman–Crippen MR) is 70.1 cm³/mol. The van der Waals surface area contributed by atoms with Gasteiger partial charge in [0.15, 0.2) is 0 Å². The Morgan fingerprint density at radius 3 is 2.55 bits per heavy atom. The Bertz CT molecular complexity index is 578. The van der Waals surface area contributed by atoms with Crippen molar-refractivity contribution in [1.82, 2.24) is 0 Å². The number of carbonyl (C=O) groups excluding carboxylic acids is 1. The Morgan fingerprint density at radius 1 is 1.32 bits per heavy atom. The molecule has 0 aliphatic heterocycles. The molecule has 1 N–H and O–H groups in total. The molecule has 0 amide bonds. The quantitative estimate of drug-likeness (QED) is 0.645. The van der Waals surface area contributed by atoms with E-state index in [2.05, 4.69) is 9.47 Å². The van der Waals surface area contributed by atoms with Crippen LogP contribution in [0.3, 0.4) is 0 Å². The molecule has 0 atom stereocenters. The summed E-state index contributed by atoms with van der Waals surface area (Å²) in [6.07, 6.45) is -2.73. The van der Waals surface area contributed by atoms with Crippen LogP contribution in [0, 0.1) is 0 Å². The first-order chi connectivity index (χ1) is 10.2. The number of aliphatic carboxylic acids is 1. The molecule has 0 saturated carbocycles. The van der Waals surface area contributed by atoms with E-state index in [1.165, 1.54) is 19.3 Å². The Hall–Kier alpha value is -2.51. The van der Waals surface area contributed by atoms with E-state index in [0.717, 1.165) is 18.2 Å². The second kappa shape index (κ2) is 7.48. The van der Waals surface area contributed by atoms with E-state index >= 15 is 0 Å². The summed E-state index contributed by atoms with van der Waals surface area (Å²) in [5.41, 5.74) is 0.713. The maximum atomic E-state index is 12.2. The second-order valence-electron chi connectivity index (χ2n) is 4.16. The third kappa shape index (κ3) is 6.29. The van der Waals surface area contributed by atoms with Gasteiger partial charge in [0.25, 0.3) is 0 Å². The molecule has 0 bridgehead atoms. The molecule has 0 aromatic heterocycles. The van der Waals surface area contributed by atoms with Crippen LogP contribution >= 0.6 is 0 Å². The number of carboxylic acid groups (broad SMARTS) is 1. The van der Waals surface area contributed by atoms with Crippen LogP contribution in [-0.4, -0.2) is 30.5 Å². The molecule has 8 heteroatoms. The number of rotatable bonds is 6. The third-order valence-electron chi connectivity index (χ3n) is 2.58. The SMILES string of the molecule is COC(=O)CCc1cc(OC(F)(F)F)ccc1/C=C/C(=O)O. The zero-order chi connectivity index (χ0) is 16.8. The number of halogens is 3. The number of methoxy groups -OCH3 is 1. The van der Waals surface area contributed by atoms with E-state index in [1.807, 2.05) is 0 Å². The van der Waals surface area contributed by atoms with Gasteiger partial charge < -0.3 is 14.6 Å². The standard InChI is InChI=1S/C14H13F3O5/c1-21-13(20)7-4-10-8-11(22-14(15,16)17)5-2-9(10)3-6-12(18)19/h2-3,5-6,8H,4,7H2,1H3,(H,18,19)/b6-3+. The van der Waals surface area contributed by atoms with E-state index in [1.54, 1.807) is 0 Å². The van der Waals surface area contributed by atoms with Gasteiger partial charge in [0, 0.05) is 12.5 Å². The Labute approximate surface area is 124 Å². The largest absolute Gasteiger partial charge is 0.573 e. The molecule has 1 aromatic rings. The topological polar surface area (TPSA) is 72.8 Å². The van der Waals surface area contributed by atoms with Gasteiger partial charge in [-0.05, 0) is 35.8 Å². The summed E-state index contributed by atoms with van der Waals surface area (Å²) in [5, 5.41) is 8.59. The number of hydrogen-bond donors (Lipinski definition) is 1. The highest BCUT2D eigenvalue weighted by molar-refractivity contribution is 5.85. The lowest BCUT2D eigenvalue weighted by Gasteiger charge is -2.12. The lowest BCUT2D eigenvalue weighted by atomic mass is 10.0. The van der Waals surface area contributed by atoms with Crippen LogP contribution in [0.5, 0.6) is 5.75 Å². The number of alkyl halides is 3. The van der Waals surface area contributed by atoms with Gasteiger partial charge in [0.2, 0.25) is 0 Å². The van der Waals surface area contributed by atoms with Gasteiger partial charge in [0.1, 0.15) is 5.75 Å². The number of benzene rings is 1. The Kier molecular flexibility index (Phi) is 5.97. The minimum absolute atomic E-state index is 0.0557. The van der Waals surface area contributed by atoms with Gasteiger partial charge >= 0.3 is 18.3 Å². The zero-order valence-corrected chi connectivity index (χ0v) is 11.5. The molecule has 0 aliphatic carbocycles. The second-order valence-corrected chi connectivity index (χ2v) is 4.16. The molecule has 0 unspecified atom stereocenters. The zero-order valence-electron chi connectivity index (χ0n) is 11.5. The maximum absolute atomic E-state index is 12.2. The number of esters is 1. The Balaban J connectivity index is 3.04. The van der Waals surface area contributed by atoms with Crippen molar-refractivity contribution in [3.63, 3.8) is 0 Å². The summed E-state index contributed by atoms with van der Waals surface area (Å²) in [4.78, 5) is 21.6. The van der Waals surface area contributed by atoms with Crippen LogP contribution < -0.4 is 4.74 Å². The molecule has 1 aromatic carbocycles. The molecule has 0 radical (unpaired) electrons. The monoisotopic (exact) mass is 318 g/mol. The summed E-state index contributed by atoms with van der Waals surface area (Å²) in [6, 6.07) is 3.46. The van der Waals surface area contributed by atoms with E-state index in [0.29, 0.717) is 11.1 Å². The van der Waals surface area contributed by atoms with E-state index in [9.17, 15) is 22.8 Å². The van der Waals surface area contributed by atoms with Crippen LogP contribution in [0.25, 0.3) is 6.08 Å². The lowest BCUT2D eigenvalue weighted by Crippen LogP contribution is -2.17.